The summed E-state index contributed by atoms with van der Waals surface area (Å²) in [6.07, 6.45) is 0. The van der Waals surface area contributed by atoms with E-state index in [9.17, 15) is 9.90 Å². The Hall–Kier alpha value is -1.56. The topological polar surface area (TPSA) is 67.6 Å². The van der Waals surface area contributed by atoms with Crippen LogP contribution in [-0.4, -0.2) is 45.1 Å². The van der Waals surface area contributed by atoms with Crippen molar-refractivity contribution in [3.63, 3.8) is 0 Å². The molecule has 6 nitrogen and oxygen atoms in total. The van der Waals surface area contributed by atoms with Crippen LogP contribution in [0.5, 0.6) is 0 Å². The third-order valence-electron chi connectivity index (χ3n) is 3.40. The summed E-state index contributed by atoms with van der Waals surface area (Å²) in [7, 11) is 1.78. The number of aryl methyl sites for hydroxylation is 2. The van der Waals surface area contributed by atoms with Crippen LogP contribution in [0.15, 0.2) is 0 Å². The van der Waals surface area contributed by atoms with Gasteiger partial charge in [0.05, 0.1) is 16.9 Å². The van der Waals surface area contributed by atoms with Crippen LogP contribution < -0.4 is 4.90 Å². The van der Waals surface area contributed by atoms with Gasteiger partial charge in [0, 0.05) is 20.1 Å². The maximum absolute atomic E-state index is 11.5. The summed E-state index contributed by atoms with van der Waals surface area (Å²) in [4.78, 5) is 13.6. The van der Waals surface area contributed by atoms with Crippen molar-refractivity contribution in [2.24, 2.45) is 7.05 Å². The molecule has 0 amide bonds. The van der Waals surface area contributed by atoms with Gasteiger partial charge in [-0.25, -0.2) is 4.79 Å². The van der Waals surface area contributed by atoms with Crippen molar-refractivity contribution in [2.75, 3.05) is 18.0 Å². The van der Waals surface area contributed by atoms with Gasteiger partial charge in [0.2, 0.25) is 0 Å². The Bertz CT molecular complexity index is 530. The molecule has 1 aliphatic rings. The van der Waals surface area contributed by atoms with Gasteiger partial charge in [0.15, 0.2) is 0 Å². The molecule has 112 valence electrons. The molecule has 1 fully saturated rings. The van der Waals surface area contributed by atoms with Crippen LogP contribution in [0.3, 0.4) is 0 Å². The number of carboxylic acids is 1. The molecule has 2 rings (SSSR count). The van der Waals surface area contributed by atoms with Crippen LogP contribution in [0.1, 0.15) is 43.7 Å². The average Bonchev–Trinajstić information content (AvgIpc) is 2.48. The van der Waals surface area contributed by atoms with Crippen LogP contribution in [0.2, 0.25) is 0 Å². The van der Waals surface area contributed by atoms with Gasteiger partial charge in [0.25, 0.3) is 0 Å². The smallest absolute Gasteiger partial charge is 0.341 e. The van der Waals surface area contributed by atoms with Gasteiger partial charge >= 0.3 is 5.97 Å². The molecule has 1 aromatic heterocycles. The highest BCUT2D eigenvalue weighted by Crippen LogP contribution is 2.33. The summed E-state index contributed by atoms with van der Waals surface area (Å²) < 4.78 is 7.69. The molecule has 0 spiro atoms. The highest BCUT2D eigenvalue weighted by Gasteiger charge is 2.40. The van der Waals surface area contributed by atoms with Gasteiger partial charge in [0.1, 0.15) is 11.4 Å². The van der Waals surface area contributed by atoms with Gasteiger partial charge in [-0.05, 0) is 34.6 Å². The van der Waals surface area contributed by atoms with Crippen molar-refractivity contribution in [1.82, 2.24) is 9.78 Å². The molecule has 1 aromatic rings. The number of morpholine rings is 1. The van der Waals surface area contributed by atoms with Gasteiger partial charge in [-0.2, -0.15) is 5.10 Å². The first-order chi connectivity index (χ1) is 9.02. The van der Waals surface area contributed by atoms with E-state index in [1.165, 1.54) is 0 Å². The fourth-order valence-corrected chi connectivity index (χ4v) is 3.20. The Labute approximate surface area is 119 Å². The highest BCUT2D eigenvalue weighted by molar-refractivity contribution is 5.95. The van der Waals surface area contributed by atoms with Gasteiger partial charge < -0.3 is 14.7 Å². The number of ether oxygens (including phenoxy) is 1. The quantitative estimate of drug-likeness (QED) is 0.895. The molecule has 1 saturated heterocycles. The molecule has 0 aromatic carbocycles. The Morgan fingerprint density at radius 2 is 1.75 bits per heavy atom. The van der Waals surface area contributed by atoms with Gasteiger partial charge in [-0.1, -0.05) is 0 Å². The minimum atomic E-state index is -0.937. The standard InChI is InChI=1S/C14H23N3O3/c1-9-10(12(18)19)11(16(6)15-9)17-7-13(2,3)20-14(4,5)8-17/h7-8H2,1-6H3,(H,18,19). The fraction of sp³-hybridized carbons (Fsp3) is 0.714. The largest absolute Gasteiger partial charge is 0.477 e. The summed E-state index contributed by atoms with van der Waals surface area (Å²) in [5, 5.41) is 13.7. The lowest BCUT2D eigenvalue weighted by molar-refractivity contribution is -0.133. The third-order valence-corrected chi connectivity index (χ3v) is 3.40. The molecule has 0 aliphatic carbocycles. The lowest BCUT2D eigenvalue weighted by Crippen LogP contribution is -2.58. The van der Waals surface area contributed by atoms with Crippen molar-refractivity contribution >= 4 is 11.8 Å². The van der Waals surface area contributed by atoms with Crippen LogP contribution in [0.25, 0.3) is 0 Å². The van der Waals surface area contributed by atoms with Crippen LogP contribution >= 0.6 is 0 Å². The molecule has 0 atom stereocenters. The number of rotatable bonds is 2. The lowest BCUT2D eigenvalue weighted by Gasteiger charge is -2.47. The number of hydrogen-bond donors (Lipinski definition) is 1. The summed E-state index contributed by atoms with van der Waals surface area (Å²) in [6.45, 7) is 11.1. The second kappa shape index (κ2) is 4.48. The Morgan fingerprint density at radius 1 is 1.25 bits per heavy atom. The van der Waals surface area contributed by atoms with Crippen LogP contribution in [-0.2, 0) is 11.8 Å². The Morgan fingerprint density at radius 3 is 2.20 bits per heavy atom. The normalized spacial score (nSPS) is 21.0. The zero-order valence-corrected chi connectivity index (χ0v) is 13.0. The minimum Gasteiger partial charge on any atom is -0.477 e. The first-order valence-corrected chi connectivity index (χ1v) is 6.74. The maximum atomic E-state index is 11.5. The van der Waals surface area contributed by atoms with E-state index >= 15 is 0 Å². The second-order valence-electron chi connectivity index (χ2n) is 6.69. The molecule has 2 heterocycles. The number of carbonyl (C=O) groups is 1. The SMILES string of the molecule is Cc1nn(C)c(N2CC(C)(C)OC(C)(C)C2)c1C(=O)O. The van der Waals surface area contributed by atoms with Crippen molar-refractivity contribution in [3.05, 3.63) is 11.3 Å². The molecule has 0 unspecified atom stereocenters. The predicted octanol–water partition coefficient (Wildman–Crippen LogP) is 1.82. The van der Waals surface area contributed by atoms with Crippen LogP contribution in [0.4, 0.5) is 5.82 Å². The van der Waals surface area contributed by atoms with Crippen molar-refractivity contribution in [2.45, 2.75) is 45.8 Å². The van der Waals surface area contributed by atoms with E-state index in [-0.39, 0.29) is 16.8 Å². The first kappa shape index (κ1) is 14.8. The van der Waals surface area contributed by atoms with Crippen molar-refractivity contribution in [1.29, 1.82) is 0 Å². The Balaban J connectivity index is 2.48. The van der Waals surface area contributed by atoms with E-state index in [1.807, 2.05) is 27.7 Å². The zero-order chi connectivity index (χ0) is 15.3. The summed E-state index contributed by atoms with van der Waals surface area (Å²) in [5.74, 6) is -0.285. The van der Waals surface area contributed by atoms with Gasteiger partial charge in [-0.3, -0.25) is 4.68 Å². The Kier molecular flexibility index (Phi) is 3.32. The third kappa shape index (κ3) is 2.65. The van der Waals surface area contributed by atoms with Gasteiger partial charge in [-0.15, -0.1) is 0 Å². The fourth-order valence-electron chi connectivity index (χ4n) is 3.20. The maximum Gasteiger partial charge on any atom is 0.341 e. The summed E-state index contributed by atoms with van der Waals surface area (Å²) >= 11 is 0. The highest BCUT2D eigenvalue weighted by atomic mass is 16.5. The predicted molar refractivity (Wildman–Crippen MR) is 76.4 cm³/mol. The lowest BCUT2D eigenvalue weighted by atomic mass is 9.98. The molecule has 20 heavy (non-hydrogen) atoms. The molecule has 0 bridgehead atoms. The molecule has 0 radical (unpaired) electrons. The number of aromatic nitrogens is 2. The molecule has 0 saturated carbocycles. The number of anilines is 1. The monoisotopic (exact) mass is 281 g/mol. The average molecular weight is 281 g/mol. The van der Waals surface area contributed by atoms with E-state index in [2.05, 4.69) is 10.00 Å². The number of nitrogens with zero attached hydrogens (tertiary/aromatic N) is 3. The minimum absolute atomic E-state index is 0.279. The summed E-state index contributed by atoms with van der Waals surface area (Å²) in [6, 6.07) is 0. The van der Waals surface area contributed by atoms with E-state index in [4.69, 9.17) is 4.74 Å². The number of aromatic carboxylic acids is 1. The van der Waals surface area contributed by atoms with E-state index in [0.717, 1.165) is 0 Å². The molecule has 6 heteroatoms. The molecule has 1 aliphatic heterocycles. The van der Waals surface area contributed by atoms with Crippen molar-refractivity contribution < 1.29 is 14.6 Å². The molecular formula is C14H23N3O3. The molecule has 1 N–H and O–H groups in total. The number of hydrogen-bond acceptors (Lipinski definition) is 4. The number of carboxylic acid groups (broad SMARTS) is 1. The van der Waals surface area contributed by atoms with E-state index in [1.54, 1.807) is 18.7 Å². The van der Waals surface area contributed by atoms with E-state index in [0.29, 0.717) is 24.6 Å². The van der Waals surface area contributed by atoms with Crippen molar-refractivity contribution in [3.8, 4) is 0 Å². The van der Waals surface area contributed by atoms with E-state index < -0.39 is 5.97 Å². The van der Waals surface area contributed by atoms with Crippen LogP contribution in [0, 0.1) is 6.92 Å². The second-order valence-corrected chi connectivity index (χ2v) is 6.69. The summed E-state index contributed by atoms with van der Waals surface area (Å²) in [5.41, 5.74) is 0.142. The molecular weight excluding hydrogens is 258 g/mol. The zero-order valence-electron chi connectivity index (χ0n) is 13.0. The first-order valence-electron chi connectivity index (χ1n) is 6.74.